The number of esters is 1. The first-order valence-electron chi connectivity index (χ1n) is 19.5. The van der Waals surface area contributed by atoms with Crippen molar-refractivity contribution in [2.45, 2.75) is 78.2 Å². The fourth-order valence-electron chi connectivity index (χ4n) is 6.81. The standard InChI is InChI=1S/C42H43N7O12/c1-3-55-40-43-36-18-10-17-35(39(50)58-27(2)59-42(52)60-31-12-5-4-6-13-31)37(36)47(40)24-28-19-21-30(22-20-28)33-15-7-8-16-34(33)38-44-46-48(45-38)26-56-41(51)61-32-14-9-11-29(23-32)25-57-49(53)54/h7-11,14-23,27,31,53-54H,3-6,12-13,24-26H2,1-2H3. The van der Waals surface area contributed by atoms with Crippen molar-refractivity contribution in [3.05, 3.63) is 108 Å². The fraction of sp³-hybridized carbons (Fsp3) is 0.310. The number of tetrazole rings is 1. The molecular formula is C42H43N7O12. The summed E-state index contributed by atoms with van der Waals surface area (Å²) in [5.41, 5.74) is 4.96. The van der Waals surface area contributed by atoms with Gasteiger partial charge >= 0.3 is 18.3 Å². The van der Waals surface area contributed by atoms with Crippen molar-refractivity contribution >= 4 is 29.3 Å². The number of fused-ring (bicyclic) bond motifs is 1. The molecule has 0 bridgehead atoms. The number of nitrogens with zero attached hydrogens (tertiary/aromatic N) is 7. The van der Waals surface area contributed by atoms with Crippen molar-refractivity contribution in [2.75, 3.05) is 6.61 Å². The van der Waals surface area contributed by atoms with Crippen LogP contribution in [0.4, 0.5) is 9.59 Å². The average Bonchev–Trinajstić information content (AvgIpc) is 3.87. The molecule has 6 aromatic rings. The minimum absolute atomic E-state index is 0.143. The van der Waals surface area contributed by atoms with E-state index < -0.39 is 30.0 Å². The number of aromatic nitrogens is 6. The summed E-state index contributed by atoms with van der Waals surface area (Å²) in [6.07, 6.45) is 1.37. The number of ether oxygens (including phenoxy) is 6. The second-order valence-electron chi connectivity index (χ2n) is 13.8. The zero-order valence-corrected chi connectivity index (χ0v) is 33.3. The zero-order valence-electron chi connectivity index (χ0n) is 33.3. The third-order valence-electron chi connectivity index (χ3n) is 9.55. The number of imidazole rings is 1. The molecule has 2 N–H and O–H groups in total. The number of hydrogen-bond donors (Lipinski definition) is 2. The molecule has 318 valence electrons. The van der Waals surface area contributed by atoms with E-state index in [1.54, 1.807) is 34.9 Å². The number of carbonyl (C=O) groups excluding carboxylic acids is 3. The summed E-state index contributed by atoms with van der Waals surface area (Å²) in [5, 5.41) is 29.7. The van der Waals surface area contributed by atoms with E-state index in [1.807, 2.05) is 55.5 Å². The number of carbonyl (C=O) groups is 3. The summed E-state index contributed by atoms with van der Waals surface area (Å²) < 4.78 is 34.3. The van der Waals surface area contributed by atoms with E-state index in [4.69, 9.17) is 38.8 Å². The van der Waals surface area contributed by atoms with E-state index in [0.29, 0.717) is 41.3 Å². The number of hydrogen-bond acceptors (Lipinski definition) is 17. The Labute approximate surface area is 348 Å². The van der Waals surface area contributed by atoms with Crippen LogP contribution in [0.5, 0.6) is 11.8 Å². The lowest BCUT2D eigenvalue weighted by Gasteiger charge is -2.22. The topological polar surface area (TPSA) is 221 Å². The van der Waals surface area contributed by atoms with Crippen LogP contribution in [0.1, 0.15) is 67.4 Å². The van der Waals surface area contributed by atoms with E-state index in [2.05, 4.69) is 25.2 Å². The number of rotatable bonds is 16. The summed E-state index contributed by atoms with van der Waals surface area (Å²) in [5.74, 6) is -0.270. The van der Waals surface area contributed by atoms with Gasteiger partial charge in [-0.15, -0.1) is 15.0 Å². The molecule has 1 saturated carbocycles. The van der Waals surface area contributed by atoms with Gasteiger partial charge in [0.15, 0.2) is 0 Å². The van der Waals surface area contributed by atoms with Crippen molar-refractivity contribution in [2.24, 2.45) is 0 Å². The molecule has 2 aromatic heterocycles. The van der Waals surface area contributed by atoms with Gasteiger partial charge in [-0.25, -0.2) is 19.2 Å². The van der Waals surface area contributed by atoms with Gasteiger partial charge in [0.25, 0.3) is 6.01 Å². The van der Waals surface area contributed by atoms with Gasteiger partial charge in [0.2, 0.25) is 18.8 Å². The second kappa shape index (κ2) is 19.9. The minimum Gasteiger partial charge on any atom is -0.465 e. The van der Waals surface area contributed by atoms with Crippen LogP contribution in [-0.2, 0) is 43.7 Å². The smallest absolute Gasteiger partial charge is 0.465 e. The maximum Gasteiger partial charge on any atom is 0.515 e. The van der Waals surface area contributed by atoms with E-state index in [-0.39, 0.29) is 36.6 Å². The van der Waals surface area contributed by atoms with E-state index in [1.165, 1.54) is 19.1 Å². The average molecular weight is 838 g/mol. The van der Waals surface area contributed by atoms with Gasteiger partial charge in [-0.3, -0.25) is 15.0 Å². The minimum atomic E-state index is -1.19. The second-order valence-corrected chi connectivity index (χ2v) is 13.8. The van der Waals surface area contributed by atoms with Gasteiger partial charge in [0, 0.05) is 12.5 Å². The lowest BCUT2D eigenvalue weighted by atomic mass is 9.98. The predicted octanol–water partition coefficient (Wildman–Crippen LogP) is 7.48. The Kier molecular flexibility index (Phi) is 13.8. The van der Waals surface area contributed by atoms with Crippen molar-refractivity contribution in [3.8, 4) is 34.3 Å². The van der Waals surface area contributed by atoms with Gasteiger partial charge < -0.3 is 28.4 Å². The zero-order chi connectivity index (χ0) is 42.7. The number of benzene rings is 4. The highest BCUT2D eigenvalue weighted by Gasteiger charge is 2.25. The van der Waals surface area contributed by atoms with Crippen LogP contribution >= 0.6 is 0 Å². The van der Waals surface area contributed by atoms with Crippen molar-refractivity contribution in [1.29, 1.82) is 0 Å². The molecule has 1 atom stereocenters. The molecule has 61 heavy (non-hydrogen) atoms. The molecule has 1 unspecified atom stereocenters. The predicted molar refractivity (Wildman–Crippen MR) is 212 cm³/mol. The molecule has 2 heterocycles. The normalized spacial score (nSPS) is 13.5. The molecular weight excluding hydrogens is 794 g/mol. The quantitative estimate of drug-likeness (QED) is 0.0317. The maximum absolute atomic E-state index is 13.5. The van der Waals surface area contributed by atoms with Crippen LogP contribution in [0.15, 0.2) is 91.0 Å². The van der Waals surface area contributed by atoms with Crippen molar-refractivity contribution in [3.63, 3.8) is 0 Å². The van der Waals surface area contributed by atoms with Gasteiger partial charge in [-0.1, -0.05) is 73.2 Å². The fourth-order valence-corrected chi connectivity index (χ4v) is 6.81. The molecule has 1 aliphatic carbocycles. The lowest BCUT2D eigenvalue weighted by Crippen LogP contribution is -2.26. The number of para-hydroxylation sites is 1. The Hall–Kier alpha value is -6.93. The van der Waals surface area contributed by atoms with Crippen molar-refractivity contribution < 1.29 is 58.1 Å². The molecule has 0 spiro atoms. The highest BCUT2D eigenvalue weighted by Crippen LogP contribution is 2.32. The first kappa shape index (κ1) is 42.2. The Balaban J connectivity index is 1.02. The van der Waals surface area contributed by atoms with Crippen LogP contribution < -0.4 is 9.47 Å². The van der Waals surface area contributed by atoms with Crippen LogP contribution in [0.2, 0.25) is 0 Å². The molecule has 0 aliphatic heterocycles. The molecule has 19 heteroatoms. The van der Waals surface area contributed by atoms with Crippen LogP contribution in [0.3, 0.4) is 0 Å². The summed E-state index contributed by atoms with van der Waals surface area (Å²) >= 11 is 0. The molecule has 0 saturated heterocycles. The first-order chi connectivity index (χ1) is 29.6. The summed E-state index contributed by atoms with van der Waals surface area (Å²) in [7, 11) is 0. The SMILES string of the molecule is CCOc1nc2cccc(C(=O)OC(C)OC(=O)OC3CCCCC3)c2n1Cc1ccc(-c2ccccc2-c2nnn(COC(=O)Oc3cccc(CON(O)O)c3)n2)cc1. The van der Waals surface area contributed by atoms with E-state index >= 15 is 0 Å². The first-order valence-corrected chi connectivity index (χ1v) is 19.5. The maximum atomic E-state index is 13.5. The summed E-state index contributed by atoms with van der Waals surface area (Å²) in [4.78, 5) is 48.7. The highest BCUT2D eigenvalue weighted by atomic mass is 17.1. The molecule has 4 aromatic carbocycles. The van der Waals surface area contributed by atoms with E-state index in [0.717, 1.165) is 53.6 Å². The Morgan fingerprint density at radius 3 is 2.41 bits per heavy atom. The Morgan fingerprint density at radius 1 is 0.869 bits per heavy atom. The van der Waals surface area contributed by atoms with Crippen LogP contribution in [0.25, 0.3) is 33.5 Å². The molecule has 0 radical (unpaired) electrons. The van der Waals surface area contributed by atoms with Gasteiger partial charge in [-0.05, 0) is 84.3 Å². The van der Waals surface area contributed by atoms with Crippen LogP contribution in [-0.4, -0.2) is 82.8 Å². The lowest BCUT2D eigenvalue weighted by molar-refractivity contribution is -0.497. The largest absolute Gasteiger partial charge is 0.515 e. The molecule has 1 fully saturated rings. The molecule has 0 amide bonds. The Morgan fingerprint density at radius 2 is 1.64 bits per heavy atom. The third-order valence-corrected chi connectivity index (χ3v) is 9.55. The summed E-state index contributed by atoms with van der Waals surface area (Å²) in [6.45, 7) is 3.37. The van der Waals surface area contributed by atoms with Crippen molar-refractivity contribution in [1.82, 2.24) is 35.1 Å². The third kappa shape index (κ3) is 11.0. The van der Waals surface area contributed by atoms with Gasteiger partial charge in [-0.2, -0.15) is 4.98 Å². The summed E-state index contributed by atoms with van der Waals surface area (Å²) in [6, 6.07) is 26.9. The van der Waals surface area contributed by atoms with E-state index in [9.17, 15) is 14.4 Å². The highest BCUT2D eigenvalue weighted by molar-refractivity contribution is 6.02. The van der Waals surface area contributed by atoms with Gasteiger partial charge in [0.1, 0.15) is 11.9 Å². The van der Waals surface area contributed by atoms with Crippen LogP contribution in [0, 0.1) is 0 Å². The monoisotopic (exact) mass is 837 g/mol. The molecule has 7 rings (SSSR count). The van der Waals surface area contributed by atoms with Gasteiger partial charge in [0.05, 0.1) is 41.7 Å². The molecule has 19 nitrogen and oxygen atoms in total. The Bertz CT molecular complexity index is 2450. The molecule has 1 aliphatic rings.